The molecule has 2 rings (SSSR count). The van der Waals surface area contributed by atoms with E-state index >= 15 is 0 Å². The second-order valence-electron chi connectivity index (χ2n) is 4.74. The Morgan fingerprint density at radius 3 is 2.94 bits per heavy atom. The lowest BCUT2D eigenvalue weighted by Gasteiger charge is -2.27. The minimum atomic E-state index is -0.224. The normalized spacial score (nSPS) is 22.9. The smallest absolute Gasteiger partial charge is 0.0664 e. The molecule has 1 aliphatic rings. The number of nitrogens with zero attached hydrogens (tertiary/aromatic N) is 1. The van der Waals surface area contributed by atoms with Crippen molar-refractivity contribution < 1.29 is 5.11 Å². The number of benzene rings is 1. The summed E-state index contributed by atoms with van der Waals surface area (Å²) in [5, 5.41) is 10.6. The van der Waals surface area contributed by atoms with E-state index in [2.05, 4.69) is 11.0 Å². The lowest BCUT2D eigenvalue weighted by Crippen LogP contribution is -2.31. The van der Waals surface area contributed by atoms with Crippen molar-refractivity contribution in [1.29, 1.82) is 0 Å². The van der Waals surface area contributed by atoms with E-state index in [1.807, 2.05) is 25.1 Å². The Balaban J connectivity index is 2.12. The monoisotopic (exact) mass is 253 g/mol. The highest BCUT2D eigenvalue weighted by Gasteiger charge is 2.28. The van der Waals surface area contributed by atoms with Gasteiger partial charge in [0.15, 0.2) is 0 Å². The Morgan fingerprint density at radius 1 is 1.47 bits per heavy atom. The molecule has 2 nitrogen and oxygen atoms in total. The van der Waals surface area contributed by atoms with Gasteiger partial charge in [0.25, 0.3) is 0 Å². The molecule has 1 aromatic carbocycles. The summed E-state index contributed by atoms with van der Waals surface area (Å²) < 4.78 is 0. The molecule has 3 heteroatoms. The molecule has 1 N–H and O–H groups in total. The van der Waals surface area contributed by atoms with Crippen LogP contribution in [0.2, 0.25) is 5.02 Å². The van der Waals surface area contributed by atoms with Crippen LogP contribution in [-0.2, 0) is 0 Å². The minimum Gasteiger partial charge on any atom is -0.392 e. The van der Waals surface area contributed by atoms with Gasteiger partial charge in [0.1, 0.15) is 0 Å². The number of hydrogen-bond acceptors (Lipinski definition) is 2. The third kappa shape index (κ3) is 3.01. The summed E-state index contributed by atoms with van der Waals surface area (Å²) in [6.45, 7) is 3.84. The van der Waals surface area contributed by atoms with Crippen molar-refractivity contribution in [3.05, 3.63) is 34.9 Å². The highest BCUT2D eigenvalue weighted by atomic mass is 35.5. The van der Waals surface area contributed by atoms with Crippen molar-refractivity contribution in [1.82, 2.24) is 4.90 Å². The molecular formula is C14H20ClNO. The van der Waals surface area contributed by atoms with Gasteiger partial charge < -0.3 is 5.11 Å². The molecule has 1 saturated heterocycles. The summed E-state index contributed by atoms with van der Waals surface area (Å²) >= 11 is 6.25. The number of aliphatic hydroxyl groups is 1. The zero-order valence-electron chi connectivity index (χ0n) is 10.3. The second kappa shape index (κ2) is 5.85. The van der Waals surface area contributed by atoms with Crippen molar-refractivity contribution in [3.8, 4) is 0 Å². The highest BCUT2D eigenvalue weighted by Crippen LogP contribution is 2.35. The number of aliphatic hydroxyl groups excluding tert-OH is 1. The fraction of sp³-hybridized carbons (Fsp3) is 0.571. The van der Waals surface area contributed by atoms with E-state index in [0.29, 0.717) is 6.04 Å². The molecule has 0 amide bonds. The summed E-state index contributed by atoms with van der Waals surface area (Å²) in [5.74, 6) is 0. The molecule has 1 aliphatic heterocycles. The van der Waals surface area contributed by atoms with Crippen molar-refractivity contribution >= 4 is 11.6 Å². The van der Waals surface area contributed by atoms with Crippen molar-refractivity contribution in [2.24, 2.45) is 0 Å². The lowest BCUT2D eigenvalue weighted by molar-refractivity contribution is 0.103. The first kappa shape index (κ1) is 12.9. The molecule has 94 valence electrons. The van der Waals surface area contributed by atoms with Crippen LogP contribution in [0.1, 0.15) is 37.8 Å². The third-order valence-corrected chi connectivity index (χ3v) is 3.89. The summed E-state index contributed by atoms with van der Waals surface area (Å²) in [7, 11) is 0. The van der Waals surface area contributed by atoms with Crippen molar-refractivity contribution in [2.45, 2.75) is 38.3 Å². The van der Waals surface area contributed by atoms with Crippen molar-refractivity contribution in [2.75, 3.05) is 13.1 Å². The number of halogens is 1. The minimum absolute atomic E-state index is 0.224. The average Bonchev–Trinajstić information content (AvgIpc) is 2.77. The fourth-order valence-electron chi connectivity index (χ4n) is 2.54. The summed E-state index contributed by atoms with van der Waals surface area (Å²) in [5.41, 5.74) is 1.20. The van der Waals surface area contributed by atoms with Gasteiger partial charge in [-0.1, -0.05) is 36.7 Å². The Hall–Kier alpha value is -0.570. The molecule has 0 radical (unpaired) electrons. The first-order chi connectivity index (χ1) is 8.22. The Morgan fingerprint density at radius 2 is 2.24 bits per heavy atom. The zero-order valence-corrected chi connectivity index (χ0v) is 11.0. The van der Waals surface area contributed by atoms with Crippen LogP contribution >= 0.6 is 11.6 Å². The number of β-amino-alcohol motifs (C(OH)–C–C–N with tert-alkyl or cyclic N) is 1. The van der Waals surface area contributed by atoms with Gasteiger partial charge in [-0.05, 0) is 37.4 Å². The molecular weight excluding hydrogens is 234 g/mol. The van der Waals surface area contributed by atoms with Crippen LogP contribution in [0.15, 0.2) is 24.3 Å². The second-order valence-corrected chi connectivity index (χ2v) is 5.14. The maximum absolute atomic E-state index is 9.78. The van der Waals surface area contributed by atoms with Crippen LogP contribution in [0.4, 0.5) is 0 Å². The Labute approximate surface area is 108 Å². The molecule has 1 aromatic rings. The standard InChI is InChI=1S/C14H20ClNO/c1-2-11(17)10-16-9-5-8-14(16)12-6-3-4-7-13(12)15/h3-4,6-7,11,14,17H,2,5,8-10H2,1H3/t11-,14?/m1/s1. The SMILES string of the molecule is CC[C@@H](O)CN1CCCC1c1ccccc1Cl. The van der Waals surface area contributed by atoms with E-state index in [9.17, 15) is 5.11 Å². The first-order valence-electron chi connectivity index (χ1n) is 6.39. The molecule has 0 aliphatic carbocycles. The third-order valence-electron chi connectivity index (χ3n) is 3.54. The van der Waals surface area contributed by atoms with Gasteiger partial charge in [0, 0.05) is 17.6 Å². The predicted molar refractivity (Wildman–Crippen MR) is 71.3 cm³/mol. The quantitative estimate of drug-likeness (QED) is 0.891. The van der Waals surface area contributed by atoms with Crippen molar-refractivity contribution in [3.63, 3.8) is 0 Å². The van der Waals surface area contributed by atoms with Gasteiger partial charge >= 0.3 is 0 Å². The van der Waals surface area contributed by atoms with Gasteiger partial charge in [-0.2, -0.15) is 0 Å². The van der Waals surface area contributed by atoms with E-state index in [-0.39, 0.29) is 6.10 Å². The molecule has 1 heterocycles. The maximum Gasteiger partial charge on any atom is 0.0664 e. The van der Waals surface area contributed by atoms with E-state index in [4.69, 9.17) is 11.6 Å². The van der Waals surface area contributed by atoms with E-state index in [1.54, 1.807) is 0 Å². The van der Waals surface area contributed by atoms with E-state index in [0.717, 1.165) is 31.0 Å². The average molecular weight is 254 g/mol. The van der Waals surface area contributed by atoms with Gasteiger partial charge in [0.05, 0.1) is 6.10 Å². The van der Waals surface area contributed by atoms with Crippen LogP contribution < -0.4 is 0 Å². The van der Waals surface area contributed by atoms with Crippen LogP contribution in [0, 0.1) is 0 Å². The Kier molecular flexibility index (Phi) is 4.43. The lowest BCUT2D eigenvalue weighted by atomic mass is 10.0. The van der Waals surface area contributed by atoms with E-state index < -0.39 is 0 Å². The van der Waals surface area contributed by atoms with E-state index in [1.165, 1.54) is 12.0 Å². The Bertz CT molecular complexity index is 369. The number of likely N-dealkylation sites (tertiary alicyclic amines) is 1. The molecule has 0 saturated carbocycles. The zero-order chi connectivity index (χ0) is 12.3. The predicted octanol–water partition coefficient (Wildman–Crippen LogP) is 3.25. The van der Waals surface area contributed by atoms with Crippen LogP contribution in [0.5, 0.6) is 0 Å². The molecule has 2 atom stereocenters. The van der Waals surface area contributed by atoms with Crippen LogP contribution in [0.3, 0.4) is 0 Å². The van der Waals surface area contributed by atoms with Gasteiger partial charge in [-0.3, -0.25) is 4.90 Å². The van der Waals surface area contributed by atoms with Crippen LogP contribution in [0.25, 0.3) is 0 Å². The maximum atomic E-state index is 9.78. The van der Waals surface area contributed by atoms with Gasteiger partial charge in [-0.15, -0.1) is 0 Å². The summed E-state index contributed by atoms with van der Waals surface area (Å²) in [6, 6.07) is 8.43. The molecule has 0 aromatic heterocycles. The largest absolute Gasteiger partial charge is 0.392 e. The molecule has 0 bridgehead atoms. The fourth-order valence-corrected chi connectivity index (χ4v) is 2.80. The summed E-state index contributed by atoms with van der Waals surface area (Å²) in [4.78, 5) is 2.36. The van der Waals surface area contributed by atoms with Crippen LogP contribution in [-0.4, -0.2) is 29.2 Å². The molecule has 0 spiro atoms. The molecule has 1 fully saturated rings. The number of hydrogen-bond donors (Lipinski definition) is 1. The first-order valence-corrected chi connectivity index (χ1v) is 6.76. The number of rotatable bonds is 4. The van der Waals surface area contributed by atoms with Gasteiger partial charge in [0.2, 0.25) is 0 Å². The topological polar surface area (TPSA) is 23.5 Å². The molecule has 17 heavy (non-hydrogen) atoms. The molecule has 1 unspecified atom stereocenters. The summed E-state index contributed by atoms with van der Waals surface area (Å²) in [6.07, 6.45) is 2.91. The van der Waals surface area contributed by atoms with Gasteiger partial charge in [-0.25, -0.2) is 0 Å². The highest BCUT2D eigenvalue weighted by molar-refractivity contribution is 6.31.